The van der Waals surface area contributed by atoms with Crippen LogP contribution in [0.15, 0.2) is 53.5 Å². The molecule has 0 fully saturated rings. The summed E-state index contributed by atoms with van der Waals surface area (Å²) in [6, 6.07) is 13.9. The zero-order chi connectivity index (χ0) is 19.1. The Balaban J connectivity index is 0.00000280. The Morgan fingerprint density at radius 1 is 1.25 bits per heavy atom. The number of carbonyl (C=O) groups excluding carboxylic acids is 1. The second kappa shape index (κ2) is 10.8. The van der Waals surface area contributed by atoms with Gasteiger partial charge in [-0.1, -0.05) is 30.3 Å². The van der Waals surface area contributed by atoms with Crippen LogP contribution in [-0.4, -0.2) is 31.6 Å². The summed E-state index contributed by atoms with van der Waals surface area (Å²) in [5, 5.41) is 5.96. The molecule has 28 heavy (non-hydrogen) atoms. The lowest BCUT2D eigenvalue weighted by molar-refractivity contribution is -0.120. The first kappa shape index (κ1) is 21.9. The van der Waals surface area contributed by atoms with Crippen molar-refractivity contribution in [1.29, 1.82) is 0 Å². The number of fused-ring (bicyclic) bond motifs is 1. The molecule has 0 spiro atoms. The number of halogens is 2. The monoisotopic (exact) mass is 498 g/mol. The van der Waals surface area contributed by atoms with Crippen molar-refractivity contribution >= 4 is 35.8 Å². The van der Waals surface area contributed by atoms with E-state index in [1.54, 1.807) is 12.1 Å². The van der Waals surface area contributed by atoms with Crippen LogP contribution < -0.4 is 21.1 Å². The molecule has 1 amide bonds. The maximum Gasteiger partial charge on any atom is 0.224 e. The zero-order valence-corrected chi connectivity index (χ0v) is 17.7. The van der Waals surface area contributed by atoms with Crippen LogP contribution in [0.2, 0.25) is 0 Å². The molecule has 150 valence electrons. The van der Waals surface area contributed by atoms with Gasteiger partial charge in [0.25, 0.3) is 0 Å². The van der Waals surface area contributed by atoms with E-state index >= 15 is 0 Å². The molecule has 2 aromatic carbocycles. The topological polar surface area (TPSA) is 88.7 Å². The van der Waals surface area contributed by atoms with Crippen molar-refractivity contribution in [3.8, 4) is 5.75 Å². The summed E-state index contributed by atoms with van der Waals surface area (Å²) in [4.78, 5) is 16.1. The molecule has 4 N–H and O–H groups in total. The molecular formula is C20H24FIN4O2. The number of amides is 1. The number of nitrogens with one attached hydrogen (secondary N) is 2. The Kier molecular flexibility index (Phi) is 8.49. The number of nitrogens with zero attached hydrogens (tertiary/aromatic N) is 1. The van der Waals surface area contributed by atoms with Crippen LogP contribution in [-0.2, 0) is 11.2 Å². The van der Waals surface area contributed by atoms with E-state index in [4.69, 9.17) is 10.5 Å². The SMILES string of the molecule is I.NC(=NCCNC(=O)Cc1cccc(F)c1)NC1CCOc2ccccc21. The summed E-state index contributed by atoms with van der Waals surface area (Å²) in [7, 11) is 0. The lowest BCUT2D eigenvalue weighted by Crippen LogP contribution is -2.38. The van der Waals surface area contributed by atoms with Crippen LogP contribution in [0.4, 0.5) is 4.39 Å². The van der Waals surface area contributed by atoms with E-state index in [9.17, 15) is 9.18 Å². The summed E-state index contributed by atoms with van der Waals surface area (Å²) >= 11 is 0. The van der Waals surface area contributed by atoms with E-state index in [-0.39, 0.29) is 48.2 Å². The molecule has 2 aromatic rings. The molecule has 0 saturated heterocycles. The van der Waals surface area contributed by atoms with Crippen molar-refractivity contribution < 1.29 is 13.9 Å². The van der Waals surface area contributed by atoms with Crippen molar-refractivity contribution in [3.63, 3.8) is 0 Å². The highest BCUT2D eigenvalue weighted by Gasteiger charge is 2.21. The summed E-state index contributed by atoms with van der Waals surface area (Å²) in [6.07, 6.45) is 0.936. The van der Waals surface area contributed by atoms with Crippen LogP contribution in [0, 0.1) is 5.82 Å². The van der Waals surface area contributed by atoms with Crippen LogP contribution in [0.1, 0.15) is 23.6 Å². The Hall–Kier alpha value is -2.36. The Bertz CT molecular complexity index is 831. The van der Waals surface area contributed by atoms with Gasteiger partial charge in [-0.05, 0) is 23.8 Å². The van der Waals surface area contributed by atoms with Crippen molar-refractivity contribution in [3.05, 3.63) is 65.5 Å². The van der Waals surface area contributed by atoms with Crippen LogP contribution in [0.5, 0.6) is 5.75 Å². The third-order valence-electron chi connectivity index (χ3n) is 4.25. The van der Waals surface area contributed by atoms with Gasteiger partial charge in [-0.15, -0.1) is 24.0 Å². The third kappa shape index (κ3) is 6.36. The van der Waals surface area contributed by atoms with Crippen molar-refractivity contribution in [2.24, 2.45) is 10.7 Å². The highest BCUT2D eigenvalue weighted by Crippen LogP contribution is 2.31. The molecule has 0 aliphatic carbocycles. The van der Waals surface area contributed by atoms with Gasteiger partial charge in [0.2, 0.25) is 5.91 Å². The molecule has 0 radical (unpaired) electrons. The molecule has 3 rings (SSSR count). The Labute approximate surface area is 180 Å². The molecule has 1 unspecified atom stereocenters. The highest BCUT2D eigenvalue weighted by atomic mass is 127. The van der Waals surface area contributed by atoms with Gasteiger partial charge in [-0.25, -0.2) is 4.39 Å². The van der Waals surface area contributed by atoms with Crippen LogP contribution >= 0.6 is 24.0 Å². The standard InChI is InChI=1S/C20H23FN4O2.HI/c21-15-5-3-4-14(12-15)13-19(26)23-9-10-24-20(22)25-17-8-11-27-18-7-2-1-6-16(17)18;/h1-7,12,17H,8-11,13H2,(H,23,26)(H3,22,24,25);1H. The largest absolute Gasteiger partial charge is 0.493 e. The van der Waals surface area contributed by atoms with Crippen LogP contribution in [0.3, 0.4) is 0 Å². The van der Waals surface area contributed by atoms with Gasteiger partial charge in [0.05, 0.1) is 25.6 Å². The number of ether oxygens (including phenoxy) is 1. The number of rotatable bonds is 6. The van der Waals surface area contributed by atoms with E-state index in [0.29, 0.717) is 31.2 Å². The minimum Gasteiger partial charge on any atom is -0.493 e. The normalized spacial score (nSPS) is 15.6. The summed E-state index contributed by atoms with van der Waals surface area (Å²) < 4.78 is 18.7. The van der Waals surface area contributed by atoms with Gasteiger partial charge in [0, 0.05) is 18.5 Å². The molecule has 8 heteroatoms. The van der Waals surface area contributed by atoms with E-state index < -0.39 is 0 Å². The molecule has 0 bridgehead atoms. The van der Waals surface area contributed by atoms with Crippen molar-refractivity contribution in [2.75, 3.05) is 19.7 Å². The maximum atomic E-state index is 13.1. The minimum atomic E-state index is -0.349. The first-order valence-electron chi connectivity index (χ1n) is 8.91. The minimum absolute atomic E-state index is 0. The lowest BCUT2D eigenvalue weighted by Gasteiger charge is -2.26. The molecule has 1 aliphatic heterocycles. The van der Waals surface area contributed by atoms with E-state index in [1.165, 1.54) is 12.1 Å². The van der Waals surface area contributed by atoms with E-state index in [1.807, 2.05) is 24.3 Å². The summed E-state index contributed by atoms with van der Waals surface area (Å²) in [5.41, 5.74) is 7.66. The zero-order valence-electron chi connectivity index (χ0n) is 15.4. The van der Waals surface area contributed by atoms with Gasteiger partial charge in [0.1, 0.15) is 11.6 Å². The third-order valence-corrected chi connectivity index (χ3v) is 4.25. The predicted molar refractivity (Wildman–Crippen MR) is 117 cm³/mol. The van der Waals surface area contributed by atoms with E-state index in [0.717, 1.165) is 17.7 Å². The molecule has 1 atom stereocenters. The van der Waals surface area contributed by atoms with Gasteiger partial charge in [-0.3, -0.25) is 9.79 Å². The van der Waals surface area contributed by atoms with E-state index in [2.05, 4.69) is 15.6 Å². The fraction of sp³-hybridized carbons (Fsp3) is 0.300. The smallest absolute Gasteiger partial charge is 0.224 e. The number of nitrogens with two attached hydrogens (primary N) is 1. The number of hydrogen-bond donors (Lipinski definition) is 3. The number of hydrogen-bond acceptors (Lipinski definition) is 3. The fourth-order valence-electron chi connectivity index (χ4n) is 2.98. The quantitative estimate of drug-likeness (QED) is 0.247. The fourth-order valence-corrected chi connectivity index (χ4v) is 2.98. The molecule has 1 aliphatic rings. The molecule has 0 aromatic heterocycles. The molecule has 6 nitrogen and oxygen atoms in total. The number of benzene rings is 2. The highest BCUT2D eigenvalue weighted by molar-refractivity contribution is 14.0. The Morgan fingerprint density at radius 2 is 2.07 bits per heavy atom. The second-order valence-corrected chi connectivity index (χ2v) is 6.30. The predicted octanol–water partition coefficient (Wildman–Crippen LogP) is 2.53. The lowest BCUT2D eigenvalue weighted by atomic mass is 10.0. The first-order chi connectivity index (χ1) is 13.1. The number of carbonyl (C=O) groups is 1. The van der Waals surface area contributed by atoms with Gasteiger partial charge < -0.3 is 21.1 Å². The van der Waals surface area contributed by atoms with Crippen LogP contribution in [0.25, 0.3) is 0 Å². The average molecular weight is 498 g/mol. The average Bonchev–Trinajstić information content (AvgIpc) is 2.66. The molecule has 1 heterocycles. The number of aliphatic imine (C=N–C) groups is 1. The molecular weight excluding hydrogens is 474 g/mol. The van der Waals surface area contributed by atoms with Crippen molar-refractivity contribution in [1.82, 2.24) is 10.6 Å². The molecule has 0 saturated carbocycles. The van der Waals surface area contributed by atoms with Gasteiger partial charge >= 0.3 is 0 Å². The van der Waals surface area contributed by atoms with Gasteiger partial charge in [-0.2, -0.15) is 0 Å². The first-order valence-corrected chi connectivity index (χ1v) is 8.91. The Morgan fingerprint density at radius 3 is 2.89 bits per heavy atom. The number of para-hydroxylation sites is 1. The number of guanidine groups is 1. The second-order valence-electron chi connectivity index (χ2n) is 6.30. The maximum absolute atomic E-state index is 13.1. The van der Waals surface area contributed by atoms with Crippen molar-refractivity contribution in [2.45, 2.75) is 18.9 Å². The summed E-state index contributed by atoms with van der Waals surface area (Å²) in [6.45, 7) is 1.34. The summed E-state index contributed by atoms with van der Waals surface area (Å²) in [5.74, 6) is 0.661. The van der Waals surface area contributed by atoms with Gasteiger partial charge in [0.15, 0.2) is 5.96 Å².